The molecule has 104 valence electrons. The fraction of sp³-hybridized carbons (Fsp3) is 0.833. The Balaban J connectivity index is 2.40. The van der Waals surface area contributed by atoms with E-state index >= 15 is 0 Å². The van der Waals surface area contributed by atoms with Gasteiger partial charge >= 0.3 is 12.0 Å². The van der Waals surface area contributed by atoms with Gasteiger partial charge in [0.15, 0.2) is 0 Å². The lowest BCUT2D eigenvalue weighted by Crippen LogP contribution is -2.51. The summed E-state index contributed by atoms with van der Waals surface area (Å²) in [6, 6.07) is -1.19. The molecule has 1 heterocycles. The summed E-state index contributed by atoms with van der Waals surface area (Å²) in [6.45, 7) is 5.39. The number of ether oxygens (including phenoxy) is 1. The van der Waals surface area contributed by atoms with Gasteiger partial charge in [-0.25, -0.2) is 4.79 Å². The smallest absolute Gasteiger partial charge is 0.325 e. The molecule has 6 nitrogen and oxygen atoms in total. The zero-order valence-electron chi connectivity index (χ0n) is 11.0. The van der Waals surface area contributed by atoms with Crippen molar-refractivity contribution in [2.24, 2.45) is 0 Å². The molecule has 0 aliphatic carbocycles. The summed E-state index contributed by atoms with van der Waals surface area (Å²) in [6.07, 6.45) is 2.88. The third-order valence-electron chi connectivity index (χ3n) is 2.93. The van der Waals surface area contributed by atoms with Gasteiger partial charge in [-0.1, -0.05) is 6.92 Å². The number of nitrogens with one attached hydrogen (secondary N) is 1. The topological polar surface area (TPSA) is 78.9 Å². The first-order valence-corrected chi connectivity index (χ1v) is 6.44. The molecule has 2 atom stereocenters. The number of carboxylic acid groups (broad SMARTS) is 1. The van der Waals surface area contributed by atoms with Gasteiger partial charge in [0.2, 0.25) is 0 Å². The van der Waals surface area contributed by atoms with E-state index in [-0.39, 0.29) is 12.1 Å². The third kappa shape index (κ3) is 4.52. The van der Waals surface area contributed by atoms with Gasteiger partial charge in [-0.15, -0.1) is 0 Å². The van der Waals surface area contributed by atoms with Gasteiger partial charge in [-0.2, -0.15) is 0 Å². The molecule has 2 amide bonds. The van der Waals surface area contributed by atoms with Crippen LogP contribution in [0.3, 0.4) is 0 Å². The first-order valence-electron chi connectivity index (χ1n) is 6.44. The molecule has 0 aromatic rings. The van der Waals surface area contributed by atoms with Crippen LogP contribution in [0.2, 0.25) is 0 Å². The molecule has 1 unspecified atom stereocenters. The minimum atomic E-state index is -1.03. The summed E-state index contributed by atoms with van der Waals surface area (Å²) in [5.41, 5.74) is 0. The quantitative estimate of drug-likeness (QED) is 0.773. The second kappa shape index (κ2) is 7.20. The number of likely N-dealkylation sites (tertiary alicyclic amines) is 1. The Morgan fingerprint density at radius 2 is 2.28 bits per heavy atom. The van der Waals surface area contributed by atoms with Crippen LogP contribution < -0.4 is 5.32 Å². The lowest BCUT2D eigenvalue weighted by molar-refractivity contribution is -0.138. The fourth-order valence-corrected chi connectivity index (χ4v) is 1.88. The monoisotopic (exact) mass is 258 g/mol. The van der Waals surface area contributed by atoms with E-state index in [2.05, 4.69) is 5.32 Å². The normalized spacial score (nSPS) is 21.4. The molecule has 0 spiro atoms. The first kappa shape index (κ1) is 14.8. The van der Waals surface area contributed by atoms with Gasteiger partial charge in [0, 0.05) is 19.7 Å². The van der Waals surface area contributed by atoms with Crippen LogP contribution in [-0.2, 0) is 9.53 Å². The molecule has 0 aromatic heterocycles. The SMILES string of the molecule is CCCOC1CCCN(C(=O)N[C@@H](C)C(=O)O)C1. The molecule has 6 heteroatoms. The zero-order chi connectivity index (χ0) is 13.5. The van der Waals surface area contributed by atoms with Crippen molar-refractivity contribution in [3.05, 3.63) is 0 Å². The Morgan fingerprint density at radius 1 is 1.56 bits per heavy atom. The number of carbonyl (C=O) groups is 2. The molecule has 0 radical (unpaired) electrons. The summed E-state index contributed by atoms with van der Waals surface area (Å²) in [7, 11) is 0. The summed E-state index contributed by atoms with van der Waals surface area (Å²) >= 11 is 0. The lowest BCUT2D eigenvalue weighted by atomic mass is 10.1. The number of urea groups is 1. The Hall–Kier alpha value is -1.30. The second-order valence-corrected chi connectivity index (χ2v) is 4.59. The van der Waals surface area contributed by atoms with E-state index in [1.807, 2.05) is 6.92 Å². The molecule has 1 aliphatic rings. The molecule has 1 aliphatic heterocycles. The van der Waals surface area contributed by atoms with E-state index < -0.39 is 12.0 Å². The number of carboxylic acids is 1. The van der Waals surface area contributed by atoms with Crippen LogP contribution in [-0.4, -0.2) is 53.8 Å². The number of hydrogen-bond donors (Lipinski definition) is 2. The van der Waals surface area contributed by atoms with Crippen LogP contribution in [0.15, 0.2) is 0 Å². The van der Waals surface area contributed by atoms with Gasteiger partial charge in [-0.05, 0) is 26.2 Å². The Kier molecular flexibility index (Phi) is 5.91. The van der Waals surface area contributed by atoms with Gasteiger partial charge in [-0.3, -0.25) is 4.79 Å². The van der Waals surface area contributed by atoms with Gasteiger partial charge in [0.25, 0.3) is 0 Å². The number of carbonyl (C=O) groups excluding carboxylic acids is 1. The Labute approximate surface area is 107 Å². The standard InChI is InChI=1S/C12H22N2O4/c1-3-7-18-10-5-4-6-14(8-10)12(17)13-9(2)11(15)16/h9-10H,3-8H2,1-2H3,(H,13,17)(H,15,16)/t9-,10?/m0/s1. The lowest BCUT2D eigenvalue weighted by Gasteiger charge is -2.33. The highest BCUT2D eigenvalue weighted by molar-refractivity contribution is 5.82. The first-order chi connectivity index (χ1) is 8.54. The van der Waals surface area contributed by atoms with E-state index in [0.717, 1.165) is 19.3 Å². The molecule has 18 heavy (non-hydrogen) atoms. The molecule has 0 saturated carbocycles. The van der Waals surface area contributed by atoms with Crippen molar-refractivity contribution in [3.8, 4) is 0 Å². The predicted molar refractivity (Wildman–Crippen MR) is 66.5 cm³/mol. The number of aliphatic carboxylic acids is 1. The van der Waals surface area contributed by atoms with Crippen molar-refractivity contribution in [1.29, 1.82) is 0 Å². The number of amides is 2. The summed E-state index contributed by atoms with van der Waals surface area (Å²) in [5.74, 6) is -1.03. The molecule has 2 N–H and O–H groups in total. The highest BCUT2D eigenvalue weighted by Crippen LogP contribution is 2.13. The van der Waals surface area contributed by atoms with Crippen LogP contribution >= 0.6 is 0 Å². The van der Waals surface area contributed by atoms with Crippen LogP contribution in [0.5, 0.6) is 0 Å². The number of piperidine rings is 1. The Bertz CT molecular complexity index is 296. The van der Waals surface area contributed by atoms with E-state index in [1.165, 1.54) is 6.92 Å². The van der Waals surface area contributed by atoms with Crippen molar-refractivity contribution in [1.82, 2.24) is 10.2 Å². The van der Waals surface area contributed by atoms with Crippen LogP contribution in [0.4, 0.5) is 4.79 Å². The number of hydrogen-bond acceptors (Lipinski definition) is 3. The average molecular weight is 258 g/mol. The molecule has 1 fully saturated rings. The van der Waals surface area contributed by atoms with Gasteiger partial charge < -0.3 is 20.1 Å². The van der Waals surface area contributed by atoms with Crippen LogP contribution in [0.25, 0.3) is 0 Å². The maximum Gasteiger partial charge on any atom is 0.325 e. The molecular formula is C12H22N2O4. The molecule has 0 bridgehead atoms. The van der Waals surface area contributed by atoms with Crippen LogP contribution in [0.1, 0.15) is 33.1 Å². The maximum absolute atomic E-state index is 11.8. The van der Waals surface area contributed by atoms with Crippen molar-refractivity contribution in [3.63, 3.8) is 0 Å². The minimum Gasteiger partial charge on any atom is -0.480 e. The highest BCUT2D eigenvalue weighted by Gasteiger charge is 2.25. The van der Waals surface area contributed by atoms with Crippen molar-refractivity contribution < 1.29 is 19.4 Å². The largest absolute Gasteiger partial charge is 0.480 e. The average Bonchev–Trinajstić information content (AvgIpc) is 2.36. The third-order valence-corrected chi connectivity index (χ3v) is 2.93. The molecule has 1 rings (SSSR count). The number of nitrogens with zero attached hydrogens (tertiary/aromatic N) is 1. The van der Waals surface area contributed by atoms with E-state index in [1.54, 1.807) is 4.90 Å². The minimum absolute atomic E-state index is 0.0737. The maximum atomic E-state index is 11.8. The van der Waals surface area contributed by atoms with Gasteiger partial charge in [0.1, 0.15) is 6.04 Å². The summed E-state index contributed by atoms with van der Waals surface area (Å²) < 4.78 is 5.63. The molecular weight excluding hydrogens is 236 g/mol. The zero-order valence-corrected chi connectivity index (χ0v) is 11.0. The highest BCUT2D eigenvalue weighted by atomic mass is 16.5. The summed E-state index contributed by atoms with van der Waals surface area (Å²) in [4.78, 5) is 24.1. The molecule has 0 aromatic carbocycles. The van der Waals surface area contributed by atoms with E-state index in [9.17, 15) is 9.59 Å². The Morgan fingerprint density at radius 3 is 2.89 bits per heavy atom. The van der Waals surface area contributed by atoms with Crippen molar-refractivity contribution in [2.45, 2.75) is 45.3 Å². The molecule has 1 saturated heterocycles. The van der Waals surface area contributed by atoms with E-state index in [4.69, 9.17) is 9.84 Å². The fourth-order valence-electron chi connectivity index (χ4n) is 1.88. The van der Waals surface area contributed by atoms with Crippen LogP contribution in [0, 0.1) is 0 Å². The van der Waals surface area contributed by atoms with Crippen molar-refractivity contribution >= 4 is 12.0 Å². The predicted octanol–water partition coefficient (Wildman–Crippen LogP) is 1.06. The number of rotatable bonds is 5. The van der Waals surface area contributed by atoms with E-state index in [0.29, 0.717) is 19.7 Å². The van der Waals surface area contributed by atoms with Gasteiger partial charge in [0.05, 0.1) is 6.10 Å². The summed E-state index contributed by atoms with van der Waals surface area (Å²) in [5, 5.41) is 11.2. The van der Waals surface area contributed by atoms with Crippen molar-refractivity contribution in [2.75, 3.05) is 19.7 Å². The second-order valence-electron chi connectivity index (χ2n) is 4.59.